The number of azo groups is 1. The van der Waals surface area contributed by atoms with Gasteiger partial charge in [0.1, 0.15) is 0 Å². The summed E-state index contributed by atoms with van der Waals surface area (Å²) in [7, 11) is 0. The average Bonchev–Trinajstić information content (AvgIpc) is 2.94. The molecular formula is C16H20FN3O2. The lowest BCUT2D eigenvalue weighted by Crippen LogP contribution is -2.50. The fraction of sp³-hybridized carbons (Fsp3) is 0.688. The van der Waals surface area contributed by atoms with Gasteiger partial charge in [-0.05, 0) is 19.3 Å². The van der Waals surface area contributed by atoms with Crippen LogP contribution in [0.2, 0.25) is 0 Å². The number of nitrogens with zero attached hydrogens (tertiary/aromatic N) is 2. The van der Waals surface area contributed by atoms with Crippen molar-refractivity contribution in [3.05, 3.63) is 22.7 Å². The predicted molar refractivity (Wildman–Crippen MR) is 77.7 cm³/mol. The summed E-state index contributed by atoms with van der Waals surface area (Å²) >= 11 is 0. The molecule has 0 amide bonds. The molecule has 0 radical (unpaired) electrons. The fourth-order valence-corrected chi connectivity index (χ4v) is 4.25. The lowest BCUT2D eigenvalue weighted by atomic mass is 9.60. The molecule has 0 bridgehead atoms. The van der Waals surface area contributed by atoms with E-state index in [2.05, 4.69) is 15.5 Å². The summed E-state index contributed by atoms with van der Waals surface area (Å²) in [5, 5.41) is 11.6. The number of ketones is 1. The number of hydrogen-bond acceptors (Lipinski definition) is 5. The summed E-state index contributed by atoms with van der Waals surface area (Å²) in [4.78, 5) is 12.8. The number of fused-ring (bicyclic) bond motifs is 2. The summed E-state index contributed by atoms with van der Waals surface area (Å²) in [6, 6.07) is 0. The standard InChI is InChI=1S/C16H20FN3O2/c1-15(2)7-10-11(12(21)13(15)17)16(3-5-22-6-4-16)9-8-18-20-14(9)19-10/h13,19H,3-8H2,1-2H3/t13-/m1/s1. The Hall–Kier alpha value is -1.56. The number of Topliss-reactive ketones (excluding diaryl/α,β-unsaturated/α-hetero) is 1. The average molecular weight is 305 g/mol. The number of halogens is 1. The number of dihydropyridines is 1. The molecule has 3 aliphatic heterocycles. The smallest absolute Gasteiger partial charge is 0.196 e. The number of ether oxygens (including phenoxy) is 1. The molecule has 3 heterocycles. The van der Waals surface area contributed by atoms with Crippen LogP contribution in [0, 0.1) is 10.8 Å². The number of allylic oxidation sites excluding steroid dienone is 2. The van der Waals surface area contributed by atoms with Crippen LogP contribution in [0.15, 0.2) is 32.9 Å². The Kier molecular flexibility index (Phi) is 2.86. The van der Waals surface area contributed by atoms with E-state index in [9.17, 15) is 9.18 Å². The highest BCUT2D eigenvalue weighted by Gasteiger charge is 2.55. The molecule has 1 aliphatic carbocycles. The quantitative estimate of drug-likeness (QED) is 0.748. The number of hydrogen-bond donors (Lipinski definition) is 1. The SMILES string of the molecule is CC1(C)CC2=C(C(=O)[C@H]1F)C1(CCOCC1)C1=C(N=NC1)N2. The molecule has 0 unspecified atom stereocenters. The van der Waals surface area contributed by atoms with Crippen LogP contribution < -0.4 is 5.32 Å². The van der Waals surface area contributed by atoms with Crippen molar-refractivity contribution in [3.63, 3.8) is 0 Å². The molecule has 0 aromatic carbocycles. The molecule has 4 aliphatic rings. The van der Waals surface area contributed by atoms with E-state index in [1.54, 1.807) is 13.8 Å². The minimum atomic E-state index is -1.45. The van der Waals surface area contributed by atoms with Crippen molar-refractivity contribution in [2.45, 2.75) is 39.3 Å². The van der Waals surface area contributed by atoms with Crippen molar-refractivity contribution in [1.29, 1.82) is 0 Å². The van der Waals surface area contributed by atoms with Crippen LogP contribution in [0.5, 0.6) is 0 Å². The monoisotopic (exact) mass is 305 g/mol. The highest BCUT2D eigenvalue weighted by Crippen LogP contribution is 2.55. The van der Waals surface area contributed by atoms with E-state index in [1.165, 1.54) is 0 Å². The molecule has 1 N–H and O–H groups in total. The molecule has 5 nitrogen and oxygen atoms in total. The lowest BCUT2D eigenvalue weighted by molar-refractivity contribution is -0.127. The van der Waals surface area contributed by atoms with Gasteiger partial charge >= 0.3 is 0 Å². The van der Waals surface area contributed by atoms with Gasteiger partial charge < -0.3 is 10.1 Å². The molecule has 1 saturated heterocycles. The molecule has 0 aromatic heterocycles. The number of alkyl halides is 1. The minimum absolute atomic E-state index is 0.362. The zero-order chi connectivity index (χ0) is 15.5. The Balaban J connectivity index is 1.88. The molecule has 0 aromatic rings. The highest BCUT2D eigenvalue weighted by molar-refractivity contribution is 6.03. The van der Waals surface area contributed by atoms with E-state index in [-0.39, 0.29) is 5.78 Å². The van der Waals surface area contributed by atoms with Crippen molar-refractivity contribution in [2.75, 3.05) is 19.8 Å². The predicted octanol–water partition coefficient (Wildman–Crippen LogP) is 2.66. The third kappa shape index (κ3) is 1.70. The topological polar surface area (TPSA) is 63.0 Å². The largest absolute Gasteiger partial charge is 0.381 e. The van der Waals surface area contributed by atoms with Crippen LogP contribution in [0.3, 0.4) is 0 Å². The first-order chi connectivity index (χ1) is 10.5. The Morgan fingerprint density at radius 3 is 2.77 bits per heavy atom. The third-order valence-corrected chi connectivity index (χ3v) is 5.45. The first-order valence-electron chi connectivity index (χ1n) is 7.83. The summed E-state index contributed by atoms with van der Waals surface area (Å²) in [6.45, 7) is 5.27. The van der Waals surface area contributed by atoms with Crippen LogP contribution in [-0.4, -0.2) is 31.7 Å². The molecular weight excluding hydrogens is 285 g/mol. The normalized spacial score (nSPS) is 32.1. The Morgan fingerprint density at radius 2 is 2.05 bits per heavy atom. The van der Waals surface area contributed by atoms with Gasteiger partial charge in [0.05, 0.1) is 6.54 Å². The van der Waals surface area contributed by atoms with Gasteiger partial charge in [-0.15, -0.1) is 5.11 Å². The van der Waals surface area contributed by atoms with Gasteiger partial charge in [-0.25, -0.2) is 4.39 Å². The van der Waals surface area contributed by atoms with Crippen molar-refractivity contribution in [3.8, 4) is 0 Å². The maximum Gasteiger partial charge on any atom is 0.196 e. The van der Waals surface area contributed by atoms with Crippen LogP contribution in [0.25, 0.3) is 0 Å². The van der Waals surface area contributed by atoms with Gasteiger partial charge in [0, 0.05) is 40.9 Å². The highest BCUT2D eigenvalue weighted by atomic mass is 19.1. The van der Waals surface area contributed by atoms with E-state index in [1.807, 2.05) is 0 Å². The summed E-state index contributed by atoms with van der Waals surface area (Å²) in [6.07, 6.45) is 0.474. The third-order valence-electron chi connectivity index (χ3n) is 5.45. The zero-order valence-electron chi connectivity index (χ0n) is 12.9. The van der Waals surface area contributed by atoms with Crippen LogP contribution in [0.1, 0.15) is 33.1 Å². The molecule has 1 fully saturated rings. The van der Waals surface area contributed by atoms with E-state index in [0.29, 0.717) is 44.6 Å². The Bertz CT molecular complexity index is 642. The fourth-order valence-electron chi connectivity index (χ4n) is 4.25. The van der Waals surface area contributed by atoms with Gasteiger partial charge in [-0.3, -0.25) is 4.79 Å². The molecule has 0 saturated carbocycles. The number of carbonyl (C=O) groups is 1. The van der Waals surface area contributed by atoms with E-state index >= 15 is 0 Å². The van der Waals surface area contributed by atoms with Crippen molar-refractivity contribution in [2.24, 2.45) is 21.1 Å². The Morgan fingerprint density at radius 1 is 1.32 bits per heavy atom. The van der Waals surface area contributed by atoms with Crippen molar-refractivity contribution in [1.82, 2.24) is 5.32 Å². The van der Waals surface area contributed by atoms with Gasteiger partial charge in [0.2, 0.25) is 0 Å². The molecule has 118 valence electrons. The number of nitrogens with one attached hydrogen (secondary N) is 1. The molecule has 1 atom stereocenters. The molecule has 4 rings (SSSR count). The van der Waals surface area contributed by atoms with Gasteiger partial charge in [-0.2, -0.15) is 5.11 Å². The first-order valence-corrected chi connectivity index (χ1v) is 7.83. The second kappa shape index (κ2) is 4.47. The maximum absolute atomic E-state index is 14.7. The van der Waals surface area contributed by atoms with Crippen LogP contribution in [0.4, 0.5) is 4.39 Å². The lowest BCUT2D eigenvalue weighted by Gasteiger charge is -2.48. The summed E-state index contributed by atoms with van der Waals surface area (Å²) in [5.74, 6) is 0.403. The second-order valence-corrected chi connectivity index (χ2v) is 7.29. The maximum atomic E-state index is 14.7. The van der Waals surface area contributed by atoms with E-state index < -0.39 is 17.0 Å². The summed E-state index contributed by atoms with van der Waals surface area (Å²) in [5.41, 5.74) is 1.38. The van der Waals surface area contributed by atoms with Gasteiger partial charge in [0.25, 0.3) is 0 Å². The second-order valence-electron chi connectivity index (χ2n) is 7.29. The first kappa shape index (κ1) is 14.1. The van der Waals surface area contributed by atoms with Gasteiger partial charge in [0.15, 0.2) is 17.8 Å². The molecule has 22 heavy (non-hydrogen) atoms. The minimum Gasteiger partial charge on any atom is -0.381 e. The van der Waals surface area contributed by atoms with Crippen LogP contribution in [-0.2, 0) is 9.53 Å². The van der Waals surface area contributed by atoms with E-state index in [4.69, 9.17) is 4.74 Å². The summed E-state index contributed by atoms with van der Waals surface area (Å²) < 4.78 is 20.2. The molecule has 6 heteroatoms. The number of carbonyl (C=O) groups excluding carboxylic acids is 1. The van der Waals surface area contributed by atoms with Crippen molar-refractivity contribution < 1.29 is 13.9 Å². The van der Waals surface area contributed by atoms with Gasteiger partial charge in [-0.1, -0.05) is 13.8 Å². The van der Waals surface area contributed by atoms with Crippen LogP contribution >= 0.6 is 0 Å². The number of rotatable bonds is 0. The van der Waals surface area contributed by atoms with E-state index in [0.717, 1.165) is 17.1 Å². The Labute approximate surface area is 128 Å². The molecule has 1 spiro atoms. The van der Waals surface area contributed by atoms with Crippen molar-refractivity contribution >= 4 is 5.78 Å². The zero-order valence-corrected chi connectivity index (χ0v) is 12.9.